The summed E-state index contributed by atoms with van der Waals surface area (Å²) in [5.41, 5.74) is -0.964. The van der Waals surface area contributed by atoms with E-state index in [9.17, 15) is 22.0 Å². The predicted octanol–water partition coefficient (Wildman–Crippen LogP) is 2.94. The first-order chi connectivity index (χ1) is 9.02. The van der Waals surface area contributed by atoms with E-state index < -0.39 is 34.8 Å². The van der Waals surface area contributed by atoms with Gasteiger partial charge in [0.2, 0.25) is 5.82 Å². The maximum absolute atomic E-state index is 13.3. The topological polar surface area (TPSA) is 24.1 Å². The van der Waals surface area contributed by atoms with Gasteiger partial charge in [0.25, 0.3) is 0 Å². The van der Waals surface area contributed by atoms with Crippen LogP contribution in [0.25, 0.3) is 0 Å². The van der Waals surface area contributed by atoms with Gasteiger partial charge < -0.3 is 10.6 Å². The van der Waals surface area contributed by atoms with Crippen LogP contribution in [0, 0.1) is 29.1 Å². The van der Waals surface area contributed by atoms with E-state index in [1.54, 1.807) is 0 Å². The second kappa shape index (κ2) is 5.73. The fourth-order valence-corrected chi connectivity index (χ4v) is 2.13. The van der Waals surface area contributed by atoms with E-state index >= 15 is 0 Å². The Morgan fingerprint density at radius 3 is 2.05 bits per heavy atom. The van der Waals surface area contributed by atoms with Gasteiger partial charge in [-0.05, 0) is 25.8 Å². The zero-order valence-corrected chi connectivity index (χ0v) is 10.0. The molecular formula is C12H13F5N2. The van der Waals surface area contributed by atoms with Crippen molar-refractivity contribution in [3.8, 4) is 0 Å². The number of anilines is 1. The van der Waals surface area contributed by atoms with Crippen molar-refractivity contribution < 1.29 is 22.0 Å². The molecule has 0 spiro atoms. The van der Waals surface area contributed by atoms with Crippen LogP contribution in [0.15, 0.2) is 0 Å². The van der Waals surface area contributed by atoms with Gasteiger partial charge >= 0.3 is 0 Å². The largest absolute Gasteiger partial charge is 0.380 e. The molecule has 0 radical (unpaired) electrons. The molecule has 0 aliphatic carbocycles. The fourth-order valence-electron chi connectivity index (χ4n) is 2.13. The van der Waals surface area contributed by atoms with Crippen LogP contribution in [-0.4, -0.2) is 19.1 Å². The summed E-state index contributed by atoms with van der Waals surface area (Å²) < 4.78 is 65.2. The summed E-state index contributed by atoms with van der Waals surface area (Å²) in [5, 5.41) is 5.45. The molecular weight excluding hydrogens is 267 g/mol. The van der Waals surface area contributed by atoms with Gasteiger partial charge in [0, 0.05) is 12.6 Å². The Balaban J connectivity index is 2.07. The van der Waals surface area contributed by atoms with Gasteiger partial charge in [0.1, 0.15) is 5.69 Å². The molecule has 1 aromatic carbocycles. The summed E-state index contributed by atoms with van der Waals surface area (Å²) >= 11 is 0. The van der Waals surface area contributed by atoms with E-state index in [1.165, 1.54) is 0 Å². The summed E-state index contributed by atoms with van der Waals surface area (Å²) in [4.78, 5) is 0. The van der Waals surface area contributed by atoms with Crippen LogP contribution in [0.3, 0.4) is 0 Å². The van der Waals surface area contributed by atoms with E-state index in [1.807, 2.05) is 0 Å². The maximum Gasteiger partial charge on any atom is 0.200 e. The highest BCUT2D eigenvalue weighted by Crippen LogP contribution is 2.27. The molecule has 0 amide bonds. The molecule has 2 N–H and O–H groups in total. The molecule has 0 unspecified atom stereocenters. The number of rotatable bonds is 4. The lowest BCUT2D eigenvalue weighted by Crippen LogP contribution is -2.24. The van der Waals surface area contributed by atoms with Crippen LogP contribution in [0.2, 0.25) is 0 Å². The molecule has 1 aliphatic heterocycles. The standard InChI is InChI=1S/C12H13F5N2/c13-7-8(14)10(16)12(11(17)9(7)15)19-5-3-6-2-1-4-18-6/h6,18-19H,1-5H2/t6-/m0/s1. The highest BCUT2D eigenvalue weighted by molar-refractivity contribution is 5.47. The second-order valence-corrected chi connectivity index (χ2v) is 4.45. The summed E-state index contributed by atoms with van der Waals surface area (Å²) in [6, 6.07) is 0.216. The summed E-state index contributed by atoms with van der Waals surface area (Å²) in [7, 11) is 0. The number of hydrogen-bond acceptors (Lipinski definition) is 2. The normalized spacial score (nSPS) is 18.9. The molecule has 0 bridgehead atoms. The third-order valence-electron chi connectivity index (χ3n) is 3.17. The summed E-state index contributed by atoms with van der Waals surface area (Å²) in [6.45, 7) is 1.02. The second-order valence-electron chi connectivity index (χ2n) is 4.45. The first-order valence-corrected chi connectivity index (χ1v) is 6.01. The molecule has 1 saturated heterocycles. The molecule has 1 heterocycles. The Labute approximate surface area is 107 Å². The molecule has 1 atom stereocenters. The molecule has 19 heavy (non-hydrogen) atoms. The van der Waals surface area contributed by atoms with Gasteiger partial charge in [-0.1, -0.05) is 0 Å². The van der Waals surface area contributed by atoms with Crippen molar-refractivity contribution in [1.29, 1.82) is 0 Å². The average molecular weight is 280 g/mol. The number of nitrogens with one attached hydrogen (secondary N) is 2. The number of halogens is 5. The van der Waals surface area contributed by atoms with Crippen molar-refractivity contribution >= 4 is 5.69 Å². The molecule has 0 aromatic heterocycles. The minimum absolute atomic E-state index is 0.135. The third kappa shape index (κ3) is 2.80. The Morgan fingerprint density at radius 2 is 1.53 bits per heavy atom. The Kier molecular flexibility index (Phi) is 4.24. The van der Waals surface area contributed by atoms with E-state index in [2.05, 4.69) is 10.6 Å². The zero-order chi connectivity index (χ0) is 14.0. The molecule has 2 rings (SSSR count). The minimum atomic E-state index is -2.14. The summed E-state index contributed by atoms with van der Waals surface area (Å²) in [5.74, 6) is -9.65. The molecule has 106 valence electrons. The Bertz CT molecular complexity index is 443. The van der Waals surface area contributed by atoms with Crippen molar-refractivity contribution in [2.24, 2.45) is 0 Å². The minimum Gasteiger partial charge on any atom is -0.380 e. The van der Waals surface area contributed by atoms with E-state index in [0.29, 0.717) is 6.42 Å². The Hall–Kier alpha value is -1.37. The molecule has 0 saturated carbocycles. The molecule has 1 aromatic rings. The smallest absolute Gasteiger partial charge is 0.200 e. The van der Waals surface area contributed by atoms with Gasteiger partial charge in [0.05, 0.1) is 0 Å². The zero-order valence-electron chi connectivity index (χ0n) is 10.0. The van der Waals surface area contributed by atoms with Crippen molar-refractivity contribution in [3.05, 3.63) is 29.1 Å². The van der Waals surface area contributed by atoms with Crippen molar-refractivity contribution in [2.45, 2.75) is 25.3 Å². The lowest BCUT2D eigenvalue weighted by Gasteiger charge is -2.13. The van der Waals surface area contributed by atoms with Gasteiger partial charge in [-0.25, -0.2) is 22.0 Å². The monoisotopic (exact) mass is 280 g/mol. The number of benzene rings is 1. The third-order valence-corrected chi connectivity index (χ3v) is 3.17. The highest BCUT2D eigenvalue weighted by Gasteiger charge is 2.25. The van der Waals surface area contributed by atoms with E-state index in [0.717, 1.165) is 19.4 Å². The van der Waals surface area contributed by atoms with Crippen molar-refractivity contribution in [2.75, 3.05) is 18.4 Å². The molecule has 1 aliphatic rings. The quantitative estimate of drug-likeness (QED) is 0.503. The van der Waals surface area contributed by atoms with E-state index in [4.69, 9.17) is 0 Å². The van der Waals surface area contributed by atoms with Crippen LogP contribution in [0.5, 0.6) is 0 Å². The van der Waals surface area contributed by atoms with Crippen LogP contribution in [0.4, 0.5) is 27.6 Å². The lowest BCUT2D eigenvalue weighted by molar-refractivity contribution is 0.381. The van der Waals surface area contributed by atoms with Crippen LogP contribution >= 0.6 is 0 Å². The molecule has 2 nitrogen and oxygen atoms in total. The van der Waals surface area contributed by atoms with Gasteiger partial charge in [-0.15, -0.1) is 0 Å². The molecule has 1 fully saturated rings. The first kappa shape index (κ1) is 14.0. The Morgan fingerprint density at radius 1 is 0.947 bits per heavy atom. The van der Waals surface area contributed by atoms with Crippen molar-refractivity contribution in [3.63, 3.8) is 0 Å². The SMILES string of the molecule is Fc1c(F)c(F)c(NCC[C@@H]2CCCN2)c(F)c1F. The lowest BCUT2D eigenvalue weighted by atomic mass is 10.1. The van der Waals surface area contributed by atoms with Gasteiger partial charge in [0.15, 0.2) is 23.3 Å². The van der Waals surface area contributed by atoms with Gasteiger partial charge in [-0.3, -0.25) is 0 Å². The van der Waals surface area contributed by atoms with Crippen LogP contribution in [-0.2, 0) is 0 Å². The van der Waals surface area contributed by atoms with E-state index in [-0.39, 0.29) is 12.6 Å². The predicted molar refractivity (Wildman–Crippen MR) is 60.4 cm³/mol. The maximum atomic E-state index is 13.3. The van der Waals surface area contributed by atoms with Gasteiger partial charge in [-0.2, -0.15) is 0 Å². The summed E-state index contributed by atoms with van der Waals surface area (Å²) in [6.07, 6.45) is 2.52. The molecule has 7 heteroatoms. The van der Waals surface area contributed by atoms with Crippen molar-refractivity contribution in [1.82, 2.24) is 5.32 Å². The van der Waals surface area contributed by atoms with Crippen LogP contribution in [0.1, 0.15) is 19.3 Å². The fraction of sp³-hybridized carbons (Fsp3) is 0.500. The number of hydrogen-bond donors (Lipinski definition) is 2. The average Bonchev–Trinajstić information content (AvgIpc) is 2.91. The first-order valence-electron chi connectivity index (χ1n) is 6.01. The van der Waals surface area contributed by atoms with Crippen LogP contribution < -0.4 is 10.6 Å². The highest BCUT2D eigenvalue weighted by atomic mass is 19.2.